The van der Waals surface area contributed by atoms with E-state index in [0.717, 1.165) is 11.6 Å². The molecule has 0 aliphatic rings. The highest BCUT2D eigenvalue weighted by atomic mass is 32.2. The third kappa shape index (κ3) is 3.92. The Bertz CT molecular complexity index is 552. The molecule has 2 rings (SSSR count). The predicted octanol–water partition coefficient (Wildman–Crippen LogP) is 3.18. The summed E-state index contributed by atoms with van der Waals surface area (Å²) in [6.45, 7) is 6.17. The lowest BCUT2D eigenvalue weighted by molar-refractivity contribution is 0.749. The van der Waals surface area contributed by atoms with Crippen LogP contribution in [0.25, 0.3) is 0 Å². The monoisotopic (exact) mass is 274 g/mol. The molecule has 0 atom stereocenters. The van der Waals surface area contributed by atoms with Gasteiger partial charge >= 0.3 is 0 Å². The van der Waals surface area contributed by atoms with Crippen molar-refractivity contribution in [2.75, 3.05) is 5.73 Å². The fourth-order valence-corrected chi connectivity index (χ4v) is 2.32. The first kappa shape index (κ1) is 13.8. The molecule has 0 saturated carbocycles. The predicted molar refractivity (Wildman–Crippen MR) is 79.1 cm³/mol. The number of nitrogens with two attached hydrogens (primary N) is 1. The van der Waals surface area contributed by atoms with E-state index in [1.54, 1.807) is 11.8 Å². The van der Waals surface area contributed by atoms with Gasteiger partial charge in [0.15, 0.2) is 0 Å². The van der Waals surface area contributed by atoms with E-state index in [0.29, 0.717) is 11.7 Å². The van der Waals surface area contributed by atoms with Crippen molar-refractivity contribution in [2.24, 2.45) is 0 Å². The van der Waals surface area contributed by atoms with Crippen molar-refractivity contribution in [3.05, 3.63) is 41.5 Å². The van der Waals surface area contributed by atoms with Crippen LogP contribution >= 0.6 is 11.8 Å². The third-order valence-corrected chi connectivity index (χ3v) is 3.63. The average Bonchev–Trinajstić information content (AvgIpc) is 2.37. The second-order valence-corrected chi connectivity index (χ2v) is 5.77. The number of hydrogen-bond donors (Lipinski definition) is 1. The Morgan fingerprint density at radius 1 is 1.11 bits per heavy atom. The molecule has 4 nitrogen and oxygen atoms in total. The van der Waals surface area contributed by atoms with Gasteiger partial charge in [-0.1, -0.05) is 31.5 Å². The van der Waals surface area contributed by atoms with Crippen LogP contribution in [0.1, 0.15) is 37.0 Å². The standard InChI is InChI=1S/C14H18N4S/c1-9(2)13-16-12(17-14(15)18-13)8-19-11-6-4-10(3)5-7-11/h4-7,9H,8H2,1-3H3,(H2,15,16,17,18). The first-order chi connectivity index (χ1) is 9.04. The van der Waals surface area contributed by atoms with E-state index in [-0.39, 0.29) is 5.92 Å². The summed E-state index contributed by atoms with van der Waals surface area (Å²) in [4.78, 5) is 14.0. The van der Waals surface area contributed by atoms with E-state index in [9.17, 15) is 0 Å². The molecule has 0 aliphatic heterocycles. The van der Waals surface area contributed by atoms with Crippen LogP contribution in [0.5, 0.6) is 0 Å². The van der Waals surface area contributed by atoms with E-state index in [2.05, 4.69) is 46.1 Å². The molecule has 19 heavy (non-hydrogen) atoms. The Morgan fingerprint density at radius 3 is 2.42 bits per heavy atom. The number of nitrogens with zero attached hydrogens (tertiary/aromatic N) is 3. The van der Waals surface area contributed by atoms with Gasteiger partial charge in [0.2, 0.25) is 5.95 Å². The van der Waals surface area contributed by atoms with Gasteiger partial charge in [-0.15, -0.1) is 11.8 Å². The molecule has 0 amide bonds. The van der Waals surface area contributed by atoms with Crippen molar-refractivity contribution in [1.29, 1.82) is 0 Å². The molecule has 0 bridgehead atoms. The number of anilines is 1. The number of aryl methyl sites for hydroxylation is 1. The molecule has 0 aliphatic carbocycles. The van der Waals surface area contributed by atoms with Crippen LogP contribution in [0.2, 0.25) is 0 Å². The molecule has 0 radical (unpaired) electrons. The lowest BCUT2D eigenvalue weighted by atomic mass is 10.2. The Balaban J connectivity index is 2.08. The van der Waals surface area contributed by atoms with Gasteiger partial charge in [-0.05, 0) is 19.1 Å². The summed E-state index contributed by atoms with van der Waals surface area (Å²) in [7, 11) is 0. The Morgan fingerprint density at radius 2 is 1.79 bits per heavy atom. The SMILES string of the molecule is Cc1ccc(SCc2nc(N)nc(C(C)C)n2)cc1. The zero-order valence-corrected chi connectivity index (χ0v) is 12.2. The van der Waals surface area contributed by atoms with Crippen molar-refractivity contribution in [3.8, 4) is 0 Å². The minimum atomic E-state index is 0.258. The largest absolute Gasteiger partial charge is 0.368 e. The maximum Gasteiger partial charge on any atom is 0.223 e. The number of rotatable bonds is 4. The van der Waals surface area contributed by atoms with Crippen LogP contribution in [0, 0.1) is 6.92 Å². The van der Waals surface area contributed by atoms with Crippen molar-refractivity contribution in [1.82, 2.24) is 15.0 Å². The zero-order valence-electron chi connectivity index (χ0n) is 11.4. The molecule has 1 aromatic carbocycles. The average molecular weight is 274 g/mol. The third-order valence-electron chi connectivity index (χ3n) is 2.62. The van der Waals surface area contributed by atoms with E-state index >= 15 is 0 Å². The first-order valence-electron chi connectivity index (χ1n) is 6.24. The van der Waals surface area contributed by atoms with Crippen LogP contribution in [0.4, 0.5) is 5.95 Å². The molecular formula is C14H18N4S. The fraction of sp³-hybridized carbons (Fsp3) is 0.357. The van der Waals surface area contributed by atoms with Gasteiger partial charge in [0.1, 0.15) is 11.6 Å². The zero-order chi connectivity index (χ0) is 13.8. The number of benzene rings is 1. The molecule has 0 spiro atoms. The summed E-state index contributed by atoms with van der Waals surface area (Å²) in [5, 5.41) is 0. The second kappa shape index (κ2) is 6.02. The van der Waals surface area contributed by atoms with Crippen LogP contribution in [-0.2, 0) is 5.75 Å². The lowest BCUT2D eigenvalue weighted by Gasteiger charge is -2.07. The summed E-state index contributed by atoms with van der Waals surface area (Å²) >= 11 is 1.70. The topological polar surface area (TPSA) is 64.7 Å². The smallest absolute Gasteiger partial charge is 0.223 e. The Hall–Kier alpha value is -1.62. The number of thioether (sulfide) groups is 1. The highest BCUT2D eigenvalue weighted by Crippen LogP contribution is 2.22. The molecule has 0 fully saturated rings. The Kier molecular flexibility index (Phi) is 4.37. The molecule has 1 heterocycles. The number of nitrogen functional groups attached to an aromatic ring is 1. The van der Waals surface area contributed by atoms with Crippen molar-refractivity contribution in [2.45, 2.75) is 37.3 Å². The normalized spacial score (nSPS) is 10.9. The van der Waals surface area contributed by atoms with Crippen molar-refractivity contribution >= 4 is 17.7 Å². The van der Waals surface area contributed by atoms with Crippen LogP contribution in [-0.4, -0.2) is 15.0 Å². The van der Waals surface area contributed by atoms with Crippen molar-refractivity contribution in [3.63, 3.8) is 0 Å². The molecule has 5 heteroatoms. The summed E-state index contributed by atoms with van der Waals surface area (Å²) in [6.07, 6.45) is 0. The van der Waals surface area contributed by atoms with Gasteiger partial charge in [-0.25, -0.2) is 4.98 Å². The molecule has 100 valence electrons. The highest BCUT2D eigenvalue weighted by molar-refractivity contribution is 7.98. The van der Waals surface area contributed by atoms with Crippen LogP contribution < -0.4 is 5.73 Å². The van der Waals surface area contributed by atoms with Crippen LogP contribution in [0.15, 0.2) is 29.2 Å². The molecule has 2 aromatic rings. The van der Waals surface area contributed by atoms with Gasteiger partial charge in [-0.3, -0.25) is 0 Å². The molecule has 0 saturated heterocycles. The van der Waals surface area contributed by atoms with E-state index in [4.69, 9.17) is 5.73 Å². The van der Waals surface area contributed by atoms with Gasteiger partial charge in [0, 0.05) is 10.8 Å². The maximum atomic E-state index is 5.71. The molecule has 0 unspecified atom stereocenters. The Labute approximate surface area is 117 Å². The first-order valence-corrected chi connectivity index (χ1v) is 7.23. The minimum Gasteiger partial charge on any atom is -0.368 e. The van der Waals surface area contributed by atoms with E-state index in [1.165, 1.54) is 10.5 Å². The van der Waals surface area contributed by atoms with Gasteiger partial charge < -0.3 is 5.73 Å². The second-order valence-electron chi connectivity index (χ2n) is 4.72. The number of hydrogen-bond acceptors (Lipinski definition) is 5. The fourth-order valence-electron chi connectivity index (χ4n) is 1.56. The quantitative estimate of drug-likeness (QED) is 0.867. The summed E-state index contributed by atoms with van der Waals surface area (Å²) in [6, 6.07) is 8.41. The number of aromatic nitrogens is 3. The molecule has 2 N–H and O–H groups in total. The summed E-state index contributed by atoms with van der Waals surface area (Å²) in [5.41, 5.74) is 6.97. The van der Waals surface area contributed by atoms with E-state index in [1.807, 2.05) is 13.8 Å². The summed E-state index contributed by atoms with van der Waals surface area (Å²) in [5.74, 6) is 2.76. The van der Waals surface area contributed by atoms with Gasteiger partial charge in [0.05, 0.1) is 5.75 Å². The van der Waals surface area contributed by atoms with Gasteiger partial charge in [0.25, 0.3) is 0 Å². The molecule has 1 aromatic heterocycles. The summed E-state index contributed by atoms with van der Waals surface area (Å²) < 4.78 is 0. The van der Waals surface area contributed by atoms with Crippen molar-refractivity contribution < 1.29 is 0 Å². The minimum absolute atomic E-state index is 0.258. The molecular weight excluding hydrogens is 256 g/mol. The van der Waals surface area contributed by atoms with E-state index < -0.39 is 0 Å². The lowest BCUT2D eigenvalue weighted by Crippen LogP contribution is -2.07. The van der Waals surface area contributed by atoms with Crippen LogP contribution in [0.3, 0.4) is 0 Å². The highest BCUT2D eigenvalue weighted by Gasteiger charge is 2.08. The maximum absolute atomic E-state index is 5.71. The van der Waals surface area contributed by atoms with Gasteiger partial charge in [-0.2, -0.15) is 9.97 Å².